The number of nitrogens with zero attached hydrogens (tertiary/aromatic N) is 1. The van der Waals surface area contributed by atoms with Crippen LogP contribution in [0.2, 0.25) is 5.02 Å². The highest BCUT2D eigenvalue weighted by Gasteiger charge is 2.33. The largest absolute Gasteiger partial charge is 0.497 e. The summed E-state index contributed by atoms with van der Waals surface area (Å²) in [6.45, 7) is 0. The number of halogens is 1. The molecule has 0 unspecified atom stereocenters. The molecule has 1 aliphatic heterocycles. The van der Waals surface area contributed by atoms with Gasteiger partial charge in [0.25, 0.3) is 5.91 Å². The van der Waals surface area contributed by atoms with Gasteiger partial charge in [-0.1, -0.05) is 53.8 Å². The van der Waals surface area contributed by atoms with Gasteiger partial charge in [0.05, 0.1) is 17.7 Å². The van der Waals surface area contributed by atoms with E-state index in [1.54, 1.807) is 25.3 Å². The molecule has 23 heavy (non-hydrogen) atoms. The van der Waals surface area contributed by atoms with Gasteiger partial charge in [0.2, 0.25) is 0 Å². The molecule has 3 nitrogen and oxygen atoms in total. The van der Waals surface area contributed by atoms with Gasteiger partial charge >= 0.3 is 0 Å². The number of ether oxygens (including phenoxy) is 1. The monoisotopic (exact) mass is 361 g/mol. The van der Waals surface area contributed by atoms with Gasteiger partial charge in [0.15, 0.2) is 4.32 Å². The summed E-state index contributed by atoms with van der Waals surface area (Å²) in [6.07, 6.45) is 1.81. The summed E-state index contributed by atoms with van der Waals surface area (Å²) in [5.74, 6) is 0.592. The average molecular weight is 362 g/mol. The standard InChI is InChI=1S/C17H12ClNO2S2/c1-21-14-7-2-4-11(8-14)9-15-16(20)19(17(22)23-15)13-6-3-5-12(18)10-13/h2-10H,1H3. The van der Waals surface area contributed by atoms with Crippen molar-refractivity contribution in [2.24, 2.45) is 0 Å². The maximum absolute atomic E-state index is 12.7. The van der Waals surface area contributed by atoms with E-state index in [0.717, 1.165) is 11.3 Å². The highest BCUT2D eigenvalue weighted by molar-refractivity contribution is 8.27. The number of methoxy groups -OCH3 is 1. The molecule has 1 saturated heterocycles. The van der Waals surface area contributed by atoms with E-state index >= 15 is 0 Å². The Morgan fingerprint density at radius 2 is 2.00 bits per heavy atom. The van der Waals surface area contributed by atoms with Crippen molar-refractivity contribution in [3.8, 4) is 5.75 Å². The van der Waals surface area contributed by atoms with Crippen molar-refractivity contribution in [2.45, 2.75) is 0 Å². The lowest BCUT2D eigenvalue weighted by molar-refractivity contribution is -0.113. The van der Waals surface area contributed by atoms with Crippen LogP contribution in [0.4, 0.5) is 5.69 Å². The second kappa shape index (κ2) is 6.74. The summed E-state index contributed by atoms with van der Waals surface area (Å²) in [7, 11) is 1.61. The van der Waals surface area contributed by atoms with Crippen LogP contribution in [0.5, 0.6) is 5.75 Å². The number of hydrogen-bond acceptors (Lipinski definition) is 4. The Hall–Kier alpha value is -1.82. The van der Waals surface area contributed by atoms with Crippen LogP contribution < -0.4 is 9.64 Å². The Labute approximate surface area is 148 Å². The Bertz CT molecular complexity index is 820. The van der Waals surface area contributed by atoms with Gasteiger partial charge in [0, 0.05) is 5.02 Å². The number of amides is 1. The van der Waals surface area contributed by atoms with Gasteiger partial charge in [-0.05, 0) is 42.0 Å². The molecular weight excluding hydrogens is 350 g/mol. The second-order valence-corrected chi connectivity index (χ2v) is 6.89. The molecule has 0 spiro atoms. The number of carbonyl (C=O) groups is 1. The van der Waals surface area contributed by atoms with Gasteiger partial charge < -0.3 is 4.74 Å². The molecule has 0 aliphatic carbocycles. The Kier molecular flexibility index (Phi) is 4.71. The van der Waals surface area contributed by atoms with Crippen molar-refractivity contribution in [2.75, 3.05) is 12.0 Å². The summed E-state index contributed by atoms with van der Waals surface area (Å²) in [4.78, 5) is 14.7. The zero-order valence-corrected chi connectivity index (χ0v) is 14.5. The molecule has 0 radical (unpaired) electrons. The van der Waals surface area contributed by atoms with Crippen molar-refractivity contribution < 1.29 is 9.53 Å². The molecule has 3 rings (SSSR count). The lowest BCUT2D eigenvalue weighted by Gasteiger charge is -2.14. The summed E-state index contributed by atoms with van der Waals surface area (Å²) in [5.41, 5.74) is 1.56. The molecule has 0 aromatic heterocycles. The number of anilines is 1. The molecule has 0 bridgehead atoms. The minimum absolute atomic E-state index is 0.148. The van der Waals surface area contributed by atoms with E-state index in [9.17, 15) is 4.79 Å². The minimum Gasteiger partial charge on any atom is -0.497 e. The lowest BCUT2D eigenvalue weighted by atomic mass is 10.2. The number of carbonyl (C=O) groups excluding carboxylic acids is 1. The summed E-state index contributed by atoms with van der Waals surface area (Å²) in [6, 6.07) is 14.6. The third-order valence-electron chi connectivity index (χ3n) is 3.25. The summed E-state index contributed by atoms with van der Waals surface area (Å²) < 4.78 is 5.69. The van der Waals surface area contributed by atoms with Gasteiger partial charge in [-0.3, -0.25) is 9.69 Å². The van der Waals surface area contributed by atoms with E-state index in [0.29, 0.717) is 19.9 Å². The van der Waals surface area contributed by atoms with Gasteiger partial charge in [-0.2, -0.15) is 0 Å². The fourth-order valence-corrected chi connectivity index (χ4v) is 3.67. The molecule has 2 aromatic rings. The number of rotatable bonds is 3. The molecule has 6 heteroatoms. The van der Waals surface area contributed by atoms with Crippen molar-refractivity contribution in [1.82, 2.24) is 0 Å². The first-order valence-corrected chi connectivity index (χ1v) is 8.36. The predicted molar refractivity (Wildman–Crippen MR) is 100 cm³/mol. The van der Waals surface area contributed by atoms with Crippen LogP contribution in [0.25, 0.3) is 6.08 Å². The molecule has 116 valence electrons. The van der Waals surface area contributed by atoms with Gasteiger partial charge in [-0.15, -0.1) is 0 Å². The Balaban J connectivity index is 1.93. The van der Waals surface area contributed by atoms with Gasteiger partial charge in [-0.25, -0.2) is 0 Å². The van der Waals surface area contributed by atoms with Crippen LogP contribution in [0.1, 0.15) is 5.56 Å². The molecule has 1 heterocycles. The smallest absolute Gasteiger partial charge is 0.270 e. The molecule has 2 aromatic carbocycles. The fraction of sp³-hybridized carbons (Fsp3) is 0.0588. The topological polar surface area (TPSA) is 29.5 Å². The first kappa shape index (κ1) is 16.1. The third-order valence-corrected chi connectivity index (χ3v) is 4.79. The molecular formula is C17H12ClNO2S2. The maximum Gasteiger partial charge on any atom is 0.270 e. The van der Waals surface area contributed by atoms with E-state index in [-0.39, 0.29) is 5.91 Å². The van der Waals surface area contributed by atoms with Crippen LogP contribution in [0, 0.1) is 0 Å². The Morgan fingerprint density at radius 1 is 1.22 bits per heavy atom. The molecule has 0 N–H and O–H groups in total. The molecule has 1 fully saturated rings. The SMILES string of the molecule is COc1cccc(C=C2SC(=S)N(c3cccc(Cl)c3)C2=O)c1. The van der Waals surface area contributed by atoms with Crippen molar-refractivity contribution in [3.05, 3.63) is 64.0 Å². The molecule has 1 aliphatic rings. The van der Waals surface area contributed by atoms with E-state index < -0.39 is 0 Å². The van der Waals surface area contributed by atoms with Crippen LogP contribution >= 0.6 is 35.6 Å². The predicted octanol–water partition coefficient (Wildman–Crippen LogP) is 4.75. The molecule has 0 atom stereocenters. The first-order valence-electron chi connectivity index (χ1n) is 6.76. The van der Waals surface area contributed by atoms with E-state index in [4.69, 9.17) is 28.6 Å². The fourth-order valence-electron chi connectivity index (χ4n) is 2.19. The number of thioether (sulfide) groups is 1. The highest BCUT2D eigenvalue weighted by Crippen LogP contribution is 2.36. The zero-order valence-electron chi connectivity index (χ0n) is 12.2. The van der Waals surface area contributed by atoms with Crippen molar-refractivity contribution >= 4 is 57.6 Å². The maximum atomic E-state index is 12.7. The average Bonchev–Trinajstić information content (AvgIpc) is 2.81. The highest BCUT2D eigenvalue weighted by atomic mass is 35.5. The Morgan fingerprint density at radius 3 is 2.74 bits per heavy atom. The number of thiocarbonyl (C=S) groups is 1. The third kappa shape index (κ3) is 3.42. The number of benzene rings is 2. The normalized spacial score (nSPS) is 16.3. The second-order valence-electron chi connectivity index (χ2n) is 4.77. The summed E-state index contributed by atoms with van der Waals surface area (Å²) >= 11 is 12.6. The zero-order chi connectivity index (χ0) is 16.4. The van der Waals surface area contributed by atoms with Crippen LogP contribution in [-0.2, 0) is 4.79 Å². The summed E-state index contributed by atoms with van der Waals surface area (Å²) in [5, 5.41) is 0.563. The molecule has 1 amide bonds. The first-order chi connectivity index (χ1) is 11.1. The van der Waals surface area contributed by atoms with Gasteiger partial charge in [0.1, 0.15) is 5.75 Å². The van der Waals surface area contributed by atoms with E-state index in [1.807, 2.05) is 36.4 Å². The van der Waals surface area contributed by atoms with E-state index in [2.05, 4.69) is 0 Å². The van der Waals surface area contributed by atoms with Crippen molar-refractivity contribution in [3.63, 3.8) is 0 Å². The quantitative estimate of drug-likeness (QED) is 0.582. The minimum atomic E-state index is -0.148. The molecule has 0 saturated carbocycles. The van der Waals surface area contributed by atoms with E-state index in [1.165, 1.54) is 16.7 Å². The number of hydrogen-bond donors (Lipinski definition) is 0. The van der Waals surface area contributed by atoms with Crippen molar-refractivity contribution in [1.29, 1.82) is 0 Å². The van der Waals surface area contributed by atoms with Crippen LogP contribution in [-0.4, -0.2) is 17.3 Å². The lowest BCUT2D eigenvalue weighted by Crippen LogP contribution is -2.27. The van der Waals surface area contributed by atoms with Crippen LogP contribution in [0.3, 0.4) is 0 Å². The van der Waals surface area contributed by atoms with Crippen LogP contribution in [0.15, 0.2) is 53.4 Å².